The third-order valence-electron chi connectivity index (χ3n) is 5.40. The van der Waals surface area contributed by atoms with Gasteiger partial charge in [0.15, 0.2) is 17.6 Å². The van der Waals surface area contributed by atoms with Crippen molar-refractivity contribution in [3.63, 3.8) is 0 Å². The Morgan fingerprint density at radius 2 is 1.90 bits per heavy atom. The van der Waals surface area contributed by atoms with Crippen LogP contribution in [0, 0.1) is 0 Å². The van der Waals surface area contributed by atoms with E-state index in [4.69, 9.17) is 9.47 Å². The summed E-state index contributed by atoms with van der Waals surface area (Å²) >= 11 is 0. The number of aromatic nitrogens is 3. The number of carbonyl (C=O) groups is 1. The lowest BCUT2D eigenvalue weighted by atomic mass is 10.1. The number of pyridine rings is 1. The van der Waals surface area contributed by atoms with Crippen molar-refractivity contribution in [3.05, 3.63) is 84.6 Å². The summed E-state index contributed by atoms with van der Waals surface area (Å²) in [5.41, 5.74) is 1.25. The summed E-state index contributed by atoms with van der Waals surface area (Å²) in [6.45, 7) is 1.09. The molecule has 4 aromatic rings. The standard InChI is InChI=1S/C24H22N4O3/c1-27-13-12-25-22(27)15-28(14-18-16-30-20-9-2-3-10-21(20)31-18)24(29)19-8-4-6-17-7-5-11-26-23(17)19/h2-13,18H,14-16H2,1H3. The molecule has 1 amide bonds. The van der Waals surface area contributed by atoms with Gasteiger partial charge in [-0.1, -0.05) is 30.3 Å². The fourth-order valence-corrected chi connectivity index (χ4v) is 3.78. The highest BCUT2D eigenvalue weighted by molar-refractivity contribution is 6.05. The van der Waals surface area contributed by atoms with Crippen LogP contribution in [0.3, 0.4) is 0 Å². The van der Waals surface area contributed by atoms with Crippen molar-refractivity contribution in [1.82, 2.24) is 19.4 Å². The molecule has 5 rings (SSSR count). The predicted octanol–water partition coefficient (Wildman–Crippen LogP) is 3.45. The van der Waals surface area contributed by atoms with E-state index in [0.29, 0.717) is 36.5 Å². The lowest BCUT2D eigenvalue weighted by Crippen LogP contribution is -2.43. The van der Waals surface area contributed by atoms with Crippen LogP contribution in [0.15, 0.2) is 73.2 Å². The second kappa shape index (κ2) is 8.10. The monoisotopic (exact) mass is 414 g/mol. The number of nitrogens with zero attached hydrogens (tertiary/aromatic N) is 4. The van der Waals surface area contributed by atoms with Crippen LogP contribution in [-0.2, 0) is 13.6 Å². The Hall–Kier alpha value is -3.87. The average molecular weight is 414 g/mol. The summed E-state index contributed by atoms with van der Waals surface area (Å²) in [5.74, 6) is 2.09. The zero-order chi connectivity index (χ0) is 21.2. The minimum atomic E-state index is -0.290. The number of benzene rings is 2. The number of hydrogen-bond donors (Lipinski definition) is 0. The third-order valence-corrected chi connectivity index (χ3v) is 5.40. The lowest BCUT2D eigenvalue weighted by molar-refractivity contribution is 0.0438. The second-order valence-corrected chi connectivity index (χ2v) is 7.52. The Morgan fingerprint density at radius 1 is 1.06 bits per heavy atom. The highest BCUT2D eigenvalue weighted by Gasteiger charge is 2.28. The van der Waals surface area contributed by atoms with Crippen molar-refractivity contribution in [2.45, 2.75) is 12.6 Å². The Labute approximate surface area is 179 Å². The molecular weight excluding hydrogens is 392 g/mol. The van der Waals surface area contributed by atoms with E-state index in [-0.39, 0.29) is 12.0 Å². The summed E-state index contributed by atoms with van der Waals surface area (Å²) in [7, 11) is 1.92. The molecular formula is C24H22N4O3. The van der Waals surface area contributed by atoms with Gasteiger partial charge in [-0.15, -0.1) is 0 Å². The molecule has 2 aromatic heterocycles. The van der Waals surface area contributed by atoms with Crippen LogP contribution in [-0.4, -0.2) is 44.6 Å². The molecule has 0 N–H and O–H groups in total. The molecule has 0 bridgehead atoms. The first-order chi connectivity index (χ1) is 15.2. The normalized spacial score (nSPS) is 15.1. The van der Waals surface area contributed by atoms with E-state index in [1.165, 1.54) is 0 Å². The van der Waals surface area contributed by atoms with Gasteiger partial charge in [-0.25, -0.2) is 4.98 Å². The van der Waals surface area contributed by atoms with Gasteiger partial charge in [0.05, 0.1) is 24.2 Å². The Morgan fingerprint density at radius 3 is 2.74 bits per heavy atom. The molecule has 1 atom stereocenters. The smallest absolute Gasteiger partial charge is 0.256 e. The molecule has 1 aliphatic rings. The summed E-state index contributed by atoms with van der Waals surface area (Å²) in [5, 5.41) is 0.927. The van der Waals surface area contributed by atoms with Crippen LogP contribution >= 0.6 is 0 Å². The van der Waals surface area contributed by atoms with Gasteiger partial charge < -0.3 is 18.9 Å². The maximum atomic E-state index is 13.7. The van der Waals surface area contributed by atoms with Gasteiger partial charge in [-0.2, -0.15) is 0 Å². The zero-order valence-electron chi connectivity index (χ0n) is 17.1. The molecule has 0 radical (unpaired) electrons. The summed E-state index contributed by atoms with van der Waals surface area (Å²) in [6, 6.07) is 17.0. The molecule has 2 aromatic carbocycles. The number of aryl methyl sites for hydroxylation is 1. The average Bonchev–Trinajstić information content (AvgIpc) is 3.22. The van der Waals surface area contributed by atoms with E-state index < -0.39 is 0 Å². The van der Waals surface area contributed by atoms with Crippen LogP contribution in [0.5, 0.6) is 11.5 Å². The Bertz CT molecular complexity index is 1230. The zero-order valence-corrected chi connectivity index (χ0v) is 17.1. The number of ether oxygens (including phenoxy) is 2. The van der Waals surface area contributed by atoms with E-state index in [2.05, 4.69) is 9.97 Å². The highest BCUT2D eigenvalue weighted by atomic mass is 16.6. The van der Waals surface area contributed by atoms with Crippen LogP contribution < -0.4 is 9.47 Å². The van der Waals surface area contributed by atoms with Gasteiger partial charge in [0.25, 0.3) is 5.91 Å². The first-order valence-corrected chi connectivity index (χ1v) is 10.2. The maximum Gasteiger partial charge on any atom is 0.256 e. The van der Waals surface area contributed by atoms with Gasteiger partial charge >= 0.3 is 0 Å². The fourth-order valence-electron chi connectivity index (χ4n) is 3.78. The van der Waals surface area contributed by atoms with E-state index in [9.17, 15) is 4.79 Å². The quantitative estimate of drug-likeness (QED) is 0.500. The van der Waals surface area contributed by atoms with Gasteiger partial charge in [-0.3, -0.25) is 9.78 Å². The topological polar surface area (TPSA) is 69.5 Å². The number of amides is 1. The molecule has 0 fully saturated rings. The van der Waals surface area contributed by atoms with Crippen LogP contribution in [0.25, 0.3) is 10.9 Å². The maximum absolute atomic E-state index is 13.7. The highest BCUT2D eigenvalue weighted by Crippen LogP contribution is 2.31. The van der Waals surface area contributed by atoms with Crippen molar-refractivity contribution in [2.24, 2.45) is 7.05 Å². The van der Waals surface area contributed by atoms with Crippen molar-refractivity contribution in [3.8, 4) is 11.5 Å². The molecule has 0 saturated carbocycles. The molecule has 7 heteroatoms. The fraction of sp³-hybridized carbons (Fsp3) is 0.208. The van der Waals surface area contributed by atoms with Crippen LogP contribution in [0.4, 0.5) is 0 Å². The van der Waals surface area contributed by atoms with Gasteiger partial charge in [0, 0.05) is 31.0 Å². The number of imidazole rings is 1. The van der Waals surface area contributed by atoms with Crippen molar-refractivity contribution >= 4 is 16.8 Å². The SMILES string of the molecule is Cn1ccnc1CN(CC1COc2ccccc2O1)C(=O)c1cccc2cccnc12. The third kappa shape index (κ3) is 3.82. The number of para-hydroxylation sites is 3. The van der Waals surface area contributed by atoms with Crippen LogP contribution in [0.1, 0.15) is 16.2 Å². The summed E-state index contributed by atoms with van der Waals surface area (Å²) in [6.07, 6.45) is 5.01. The molecule has 7 nitrogen and oxygen atoms in total. The number of fused-ring (bicyclic) bond motifs is 2. The van der Waals surface area contributed by atoms with Gasteiger partial charge in [0.1, 0.15) is 12.4 Å². The Kier molecular flexibility index (Phi) is 5.00. The number of rotatable bonds is 5. The van der Waals surface area contributed by atoms with Gasteiger partial charge in [-0.05, 0) is 24.3 Å². The van der Waals surface area contributed by atoms with E-state index >= 15 is 0 Å². The van der Waals surface area contributed by atoms with E-state index in [0.717, 1.165) is 17.0 Å². The largest absolute Gasteiger partial charge is 0.486 e. The molecule has 1 aliphatic heterocycles. The Balaban J connectivity index is 1.46. The first kappa shape index (κ1) is 19.1. The molecule has 0 saturated heterocycles. The molecule has 31 heavy (non-hydrogen) atoms. The lowest BCUT2D eigenvalue weighted by Gasteiger charge is -2.31. The molecule has 0 aliphatic carbocycles. The van der Waals surface area contributed by atoms with Gasteiger partial charge in [0.2, 0.25) is 0 Å². The van der Waals surface area contributed by atoms with Crippen molar-refractivity contribution in [1.29, 1.82) is 0 Å². The number of carbonyl (C=O) groups excluding carboxylic acids is 1. The van der Waals surface area contributed by atoms with Crippen molar-refractivity contribution < 1.29 is 14.3 Å². The second-order valence-electron chi connectivity index (χ2n) is 7.52. The van der Waals surface area contributed by atoms with E-state index in [1.807, 2.05) is 72.4 Å². The predicted molar refractivity (Wildman–Crippen MR) is 116 cm³/mol. The molecule has 3 heterocycles. The summed E-state index contributed by atoms with van der Waals surface area (Å²) < 4.78 is 13.9. The minimum Gasteiger partial charge on any atom is -0.486 e. The number of hydrogen-bond acceptors (Lipinski definition) is 5. The minimum absolute atomic E-state index is 0.116. The molecule has 156 valence electrons. The van der Waals surface area contributed by atoms with Crippen LogP contribution in [0.2, 0.25) is 0 Å². The summed E-state index contributed by atoms with van der Waals surface area (Å²) in [4.78, 5) is 24.3. The van der Waals surface area contributed by atoms with E-state index in [1.54, 1.807) is 17.3 Å². The van der Waals surface area contributed by atoms with Crippen molar-refractivity contribution in [2.75, 3.05) is 13.2 Å². The molecule has 1 unspecified atom stereocenters. The molecule has 0 spiro atoms. The first-order valence-electron chi connectivity index (χ1n) is 10.2.